The van der Waals surface area contributed by atoms with E-state index in [-0.39, 0.29) is 4.90 Å². The molecule has 0 radical (unpaired) electrons. The predicted octanol–water partition coefficient (Wildman–Crippen LogP) is -0.525. The van der Waals surface area contributed by atoms with Crippen molar-refractivity contribution in [3.05, 3.63) is 12.4 Å². The molecule has 0 saturated carbocycles. The summed E-state index contributed by atoms with van der Waals surface area (Å²) in [6, 6.07) is 0.295. The Morgan fingerprint density at radius 1 is 1.50 bits per heavy atom. The molecular formula is C12H23N5O2S. The van der Waals surface area contributed by atoms with E-state index in [1.54, 1.807) is 10.9 Å². The van der Waals surface area contributed by atoms with Crippen LogP contribution in [-0.2, 0) is 16.6 Å². The van der Waals surface area contributed by atoms with Crippen molar-refractivity contribution < 1.29 is 8.42 Å². The lowest BCUT2D eigenvalue weighted by molar-refractivity contribution is 0.311. The van der Waals surface area contributed by atoms with Crippen LogP contribution in [0.5, 0.6) is 0 Å². The fraction of sp³-hybridized carbons (Fsp3) is 0.750. The van der Waals surface area contributed by atoms with Crippen LogP contribution in [0.4, 0.5) is 0 Å². The molecule has 1 atom stereocenters. The third-order valence-corrected chi connectivity index (χ3v) is 5.07. The van der Waals surface area contributed by atoms with Gasteiger partial charge in [-0.3, -0.25) is 4.68 Å². The highest BCUT2D eigenvalue weighted by Gasteiger charge is 2.24. The molecule has 1 unspecified atom stereocenters. The Labute approximate surface area is 120 Å². The van der Waals surface area contributed by atoms with Gasteiger partial charge in [-0.25, -0.2) is 13.1 Å². The van der Waals surface area contributed by atoms with Crippen molar-refractivity contribution in [1.29, 1.82) is 0 Å². The molecule has 114 valence electrons. The van der Waals surface area contributed by atoms with Crippen molar-refractivity contribution in [2.75, 3.05) is 33.7 Å². The van der Waals surface area contributed by atoms with E-state index in [0.717, 1.165) is 25.9 Å². The fourth-order valence-electron chi connectivity index (χ4n) is 2.36. The summed E-state index contributed by atoms with van der Waals surface area (Å²) in [7, 11) is 0.422. The third kappa shape index (κ3) is 3.78. The first-order chi connectivity index (χ1) is 9.53. The number of likely N-dealkylation sites (N-methyl/N-ethyl adjacent to an activating group) is 2. The van der Waals surface area contributed by atoms with E-state index in [4.69, 9.17) is 0 Å². The van der Waals surface area contributed by atoms with Gasteiger partial charge in [-0.2, -0.15) is 5.10 Å². The van der Waals surface area contributed by atoms with Gasteiger partial charge in [0.2, 0.25) is 10.0 Å². The second kappa shape index (κ2) is 6.66. The first kappa shape index (κ1) is 15.4. The summed E-state index contributed by atoms with van der Waals surface area (Å²) >= 11 is 0. The zero-order valence-corrected chi connectivity index (χ0v) is 12.9. The second-order valence-electron chi connectivity index (χ2n) is 5.17. The van der Waals surface area contributed by atoms with Crippen LogP contribution in [-0.4, -0.2) is 62.9 Å². The molecule has 0 spiro atoms. The highest BCUT2D eigenvalue weighted by molar-refractivity contribution is 7.89. The highest BCUT2D eigenvalue weighted by atomic mass is 32.2. The first-order valence-corrected chi connectivity index (χ1v) is 8.38. The number of sulfonamides is 1. The average molecular weight is 301 g/mol. The topological polar surface area (TPSA) is 79.3 Å². The molecule has 0 aromatic carbocycles. The molecule has 0 amide bonds. The largest absolute Gasteiger partial charge is 0.318 e. The van der Waals surface area contributed by atoms with Crippen LogP contribution >= 0.6 is 0 Å². The van der Waals surface area contributed by atoms with Gasteiger partial charge in [0, 0.05) is 25.3 Å². The summed E-state index contributed by atoms with van der Waals surface area (Å²) in [6.45, 7) is 2.90. The summed E-state index contributed by atoms with van der Waals surface area (Å²) in [6.07, 6.45) is 5.14. The van der Waals surface area contributed by atoms with Crippen LogP contribution in [0.2, 0.25) is 0 Å². The number of nitrogens with one attached hydrogen (secondary N) is 2. The van der Waals surface area contributed by atoms with Gasteiger partial charge in [0.1, 0.15) is 4.90 Å². The number of hydrogen-bond acceptors (Lipinski definition) is 5. The minimum atomic E-state index is -3.46. The lowest BCUT2D eigenvalue weighted by atomic mass is 10.2. The van der Waals surface area contributed by atoms with Gasteiger partial charge in [-0.1, -0.05) is 0 Å². The van der Waals surface area contributed by atoms with E-state index in [0.29, 0.717) is 19.1 Å². The van der Waals surface area contributed by atoms with Crippen LogP contribution in [0, 0.1) is 0 Å². The maximum atomic E-state index is 12.2. The molecule has 7 nitrogen and oxygen atoms in total. The Balaban J connectivity index is 1.93. The molecule has 2 heterocycles. The van der Waals surface area contributed by atoms with E-state index < -0.39 is 10.0 Å². The standard InChI is InChI=1S/C12H23N5O2S/c1-13-5-7-17-10-12(9-14-17)20(18,19)15-8-11-4-3-6-16(11)2/h9-11,13,15H,3-8H2,1-2H3. The van der Waals surface area contributed by atoms with E-state index in [9.17, 15) is 8.42 Å². The van der Waals surface area contributed by atoms with Gasteiger partial charge in [-0.15, -0.1) is 0 Å². The molecule has 20 heavy (non-hydrogen) atoms. The second-order valence-corrected chi connectivity index (χ2v) is 6.94. The van der Waals surface area contributed by atoms with E-state index in [1.807, 2.05) is 14.1 Å². The minimum Gasteiger partial charge on any atom is -0.318 e. The fourth-order valence-corrected chi connectivity index (χ4v) is 3.38. The lowest BCUT2D eigenvalue weighted by Gasteiger charge is -2.19. The van der Waals surface area contributed by atoms with Crippen molar-refractivity contribution in [3.63, 3.8) is 0 Å². The van der Waals surface area contributed by atoms with Gasteiger partial charge in [0.05, 0.1) is 12.7 Å². The van der Waals surface area contributed by atoms with E-state index in [1.165, 1.54) is 6.20 Å². The smallest absolute Gasteiger partial charge is 0.243 e. The molecular weight excluding hydrogens is 278 g/mol. The zero-order valence-electron chi connectivity index (χ0n) is 12.0. The highest BCUT2D eigenvalue weighted by Crippen LogP contribution is 2.15. The normalized spacial score (nSPS) is 20.6. The van der Waals surface area contributed by atoms with Crippen molar-refractivity contribution >= 4 is 10.0 Å². The van der Waals surface area contributed by atoms with Gasteiger partial charge >= 0.3 is 0 Å². The summed E-state index contributed by atoms with van der Waals surface area (Å²) in [5.74, 6) is 0. The minimum absolute atomic E-state index is 0.231. The molecule has 8 heteroatoms. The molecule has 1 aromatic rings. The number of rotatable bonds is 7. The molecule has 0 bridgehead atoms. The molecule has 1 aliphatic heterocycles. The monoisotopic (exact) mass is 301 g/mol. The van der Waals surface area contributed by atoms with Crippen LogP contribution in [0.3, 0.4) is 0 Å². The number of aromatic nitrogens is 2. The summed E-state index contributed by atoms with van der Waals surface area (Å²) in [5, 5.41) is 7.06. The summed E-state index contributed by atoms with van der Waals surface area (Å²) in [4.78, 5) is 2.42. The summed E-state index contributed by atoms with van der Waals surface area (Å²) in [5.41, 5.74) is 0. The third-order valence-electron chi connectivity index (χ3n) is 3.69. The van der Waals surface area contributed by atoms with Gasteiger partial charge < -0.3 is 10.2 Å². The Morgan fingerprint density at radius 3 is 2.95 bits per heavy atom. The van der Waals surface area contributed by atoms with Crippen molar-refractivity contribution in [2.45, 2.75) is 30.3 Å². The molecule has 2 N–H and O–H groups in total. The van der Waals surface area contributed by atoms with Crippen molar-refractivity contribution in [1.82, 2.24) is 24.7 Å². The SMILES string of the molecule is CNCCn1cc(S(=O)(=O)NCC2CCCN2C)cn1. The number of hydrogen-bond donors (Lipinski definition) is 2. The maximum absolute atomic E-state index is 12.2. The first-order valence-electron chi connectivity index (χ1n) is 6.90. The Morgan fingerprint density at radius 2 is 2.30 bits per heavy atom. The van der Waals surface area contributed by atoms with E-state index in [2.05, 4.69) is 20.0 Å². The molecule has 1 fully saturated rings. The van der Waals surface area contributed by atoms with Crippen LogP contribution < -0.4 is 10.0 Å². The molecule has 2 rings (SSSR count). The van der Waals surface area contributed by atoms with Crippen LogP contribution in [0.1, 0.15) is 12.8 Å². The maximum Gasteiger partial charge on any atom is 0.243 e. The summed E-state index contributed by atoms with van der Waals surface area (Å²) < 4.78 is 28.7. The lowest BCUT2D eigenvalue weighted by Crippen LogP contribution is -2.38. The van der Waals surface area contributed by atoms with Crippen molar-refractivity contribution in [2.24, 2.45) is 0 Å². The van der Waals surface area contributed by atoms with Crippen LogP contribution in [0.25, 0.3) is 0 Å². The quantitative estimate of drug-likeness (QED) is 0.708. The molecule has 1 aliphatic rings. The number of nitrogens with zero attached hydrogens (tertiary/aromatic N) is 3. The Bertz CT molecular complexity index is 528. The molecule has 1 saturated heterocycles. The zero-order chi connectivity index (χ0) is 14.6. The molecule has 0 aliphatic carbocycles. The Hall–Kier alpha value is -0.960. The number of likely N-dealkylation sites (tertiary alicyclic amines) is 1. The van der Waals surface area contributed by atoms with Crippen molar-refractivity contribution in [3.8, 4) is 0 Å². The predicted molar refractivity (Wildman–Crippen MR) is 77.0 cm³/mol. The Kier molecular flexibility index (Phi) is 5.14. The van der Waals surface area contributed by atoms with E-state index >= 15 is 0 Å². The molecule has 1 aromatic heterocycles. The van der Waals surface area contributed by atoms with Gasteiger partial charge in [0.15, 0.2) is 0 Å². The van der Waals surface area contributed by atoms with Gasteiger partial charge in [0.25, 0.3) is 0 Å². The van der Waals surface area contributed by atoms with Gasteiger partial charge in [-0.05, 0) is 33.5 Å². The van der Waals surface area contributed by atoms with Crippen LogP contribution in [0.15, 0.2) is 17.3 Å². The average Bonchev–Trinajstić information content (AvgIpc) is 3.03.